The lowest BCUT2D eigenvalue weighted by molar-refractivity contribution is 0.390. The van der Waals surface area contributed by atoms with Gasteiger partial charge in [0, 0.05) is 18.7 Å². The largest absolute Gasteiger partial charge is 0.256 e. The maximum Gasteiger partial charge on any atom is 0.243 e. The Kier molecular flexibility index (Phi) is 5.43. The summed E-state index contributed by atoms with van der Waals surface area (Å²) in [7, 11) is -3.75. The molecule has 0 spiro atoms. The predicted molar refractivity (Wildman–Crippen MR) is 106 cm³/mol. The summed E-state index contributed by atoms with van der Waals surface area (Å²) in [5, 5.41) is 0. The summed E-state index contributed by atoms with van der Waals surface area (Å²) in [6.07, 6.45) is 1.85. The lowest BCUT2D eigenvalue weighted by Gasteiger charge is -2.24. The van der Waals surface area contributed by atoms with Crippen molar-refractivity contribution in [2.45, 2.75) is 30.2 Å². The highest BCUT2D eigenvalue weighted by Crippen LogP contribution is 2.35. The first-order valence-electron chi connectivity index (χ1n) is 9.41. The monoisotopic (exact) mass is 414 g/mol. The fourth-order valence-electron chi connectivity index (χ4n) is 3.70. The first-order chi connectivity index (χ1) is 13.9. The molecule has 1 atom stereocenters. The molecule has 0 saturated carbocycles. The van der Waals surface area contributed by atoms with E-state index in [-0.39, 0.29) is 16.8 Å². The molecule has 7 heteroatoms. The summed E-state index contributed by atoms with van der Waals surface area (Å²) in [6.45, 7) is 0.389. The number of rotatable bonds is 5. The highest BCUT2D eigenvalue weighted by molar-refractivity contribution is 7.89. The van der Waals surface area contributed by atoms with E-state index in [1.807, 2.05) is 24.3 Å². The highest BCUT2D eigenvalue weighted by atomic mass is 32.2. The van der Waals surface area contributed by atoms with Gasteiger partial charge in [-0.2, -0.15) is 4.31 Å². The molecule has 2 heterocycles. The third-order valence-corrected chi connectivity index (χ3v) is 6.99. The van der Waals surface area contributed by atoms with Gasteiger partial charge in [0.25, 0.3) is 0 Å². The Hall–Kier alpha value is -2.64. The molecule has 1 unspecified atom stereocenters. The lowest BCUT2D eigenvalue weighted by atomic mass is 10.1. The van der Waals surface area contributed by atoms with E-state index in [9.17, 15) is 17.2 Å². The number of hydrogen-bond acceptors (Lipinski definition) is 3. The summed E-state index contributed by atoms with van der Waals surface area (Å²) in [5.74, 6) is -0.778. The standard InChI is InChI=1S/C22H20F2N2O2S/c23-17-9-11-20(12-10-17)29(27,28)26-13-3-8-22(26)21-7-2-6-19(25-21)15-16-4-1-5-18(24)14-16/h1-2,4-7,9-12,14,22H,3,8,13,15H2. The van der Waals surface area contributed by atoms with Crippen molar-refractivity contribution in [2.75, 3.05) is 6.54 Å². The summed E-state index contributed by atoms with van der Waals surface area (Å²) in [6, 6.07) is 16.4. The molecule has 0 N–H and O–H groups in total. The molecule has 0 bridgehead atoms. The molecule has 0 amide bonds. The fraction of sp³-hybridized carbons (Fsp3) is 0.227. The maximum absolute atomic E-state index is 13.4. The van der Waals surface area contributed by atoms with Crippen LogP contribution in [-0.4, -0.2) is 24.3 Å². The number of nitrogens with zero attached hydrogens (tertiary/aromatic N) is 2. The molecule has 150 valence electrons. The average molecular weight is 414 g/mol. The van der Waals surface area contributed by atoms with Crippen molar-refractivity contribution in [1.82, 2.24) is 9.29 Å². The van der Waals surface area contributed by atoms with Crippen molar-refractivity contribution < 1.29 is 17.2 Å². The van der Waals surface area contributed by atoms with Gasteiger partial charge in [0.1, 0.15) is 11.6 Å². The molecule has 0 radical (unpaired) electrons. The molecular formula is C22H20F2N2O2S. The zero-order chi connectivity index (χ0) is 20.4. The van der Waals surface area contributed by atoms with Gasteiger partial charge in [-0.15, -0.1) is 0 Å². The Labute approximate surface area is 168 Å². The van der Waals surface area contributed by atoms with Crippen LogP contribution in [0.3, 0.4) is 0 Å². The Balaban J connectivity index is 1.61. The van der Waals surface area contributed by atoms with Crippen LogP contribution in [0, 0.1) is 11.6 Å². The number of benzene rings is 2. The quantitative estimate of drug-likeness (QED) is 0.619. The normalized spacial score (nSPS) is 17.5. The molecule has 1 aliphatic rings. The summed E-state index contributed by atoms with van der Waals surface area (Å²) in [5.41, 5.74) is 2.22. The van der Waals surface area contributed by atoms with E-state index in [1.165, 1.54) is 28.6 Å². The Morgan fingerprint density at radius 1 is 0.966 bits per heavy atom. The molecule has 4 nitrogen and oxygen atoms in total. The molecule has 1 aromatic heterocycles. The van der Waals surface area contributed by atoms with Crippen molar-refractivity contribution in [3.8, 4) is 0 Å². The van der Waals surface area contributed by atoms with Gasteiger partial charge in [-0.05, 0) is 66.9 Å². The number of pyridine rings is 1. The average Bonchev–Trinajstić information content (AvgIpc) is 3.19. The SMILES string of the molecule is O=S(=O)(c1ccc(F)cc1)N1CCCC1c1cccc(Cc2cccc(F)c2)n1. The summed E-state index contributed by atoms with van der Waals surface area (Å²) < 4.78 is 54.2. The van der Waals surface area contributed by atoms with Gasteiger partial charge < -0.3 is 0 Å². The van der Waals surface area contributed by atoms with Crippen LogP contribution >= 0.6 is 0 Å². The Morgan fingerprint density at radius 2 is 1.72 bits per heavy atom. The van der Waals surface area contributed by atoms with Gasteiger partial charge in [0.2, 0.25) is 10.0 Å². The zero-order valence-electron chi connectivity index (χ0n) is 15.6. The van der Waals surface area contributed by atoms with E-state index in [2.05, 4.69) is 4.98 Å². The second kappa shape index (κ2) is 8.00. The second-order valence-corrected chi connectivity index (χ2v) is 8.98. The number of aromatic nitrogens is 1. The van der Waals surface area contributed by atoms with E-state index < -0.39 is 15.8 Å². The van der Waals surface area contributed by atoms with E-state index in [1.54, 1.807) is 6.07 Å². The van der Waals surface area contributed by atoms with Crippen LogP contribution in [0.25, 0.3) is 0 Å². The van der Waals surface area contributed by atoms with E-state index in [0.717, 1.165) is 29.8 Å². The molecule has 4 rings (SSSR count). The third kappa shape index (κ3) is 4.21. The van der Waals surface area contributed by atoms with Crippen LogP contribution in [-0.2, 0) is 16.4 Å². The van der Waals surface area contributed by atoms with E-state index in [4.69, 9.17) is 0 Å². The Bertz CT molecular complexity index is 1120. The number of halogens is 2. The van der Waals surface area contributed by atoms with E-state index in [0.29, 0.717) is 25.1 Å². The summed E-state index contributed by atoms with van der Waals surface area (Å²) in [4.78, 5) is 4.73. The molecule has 1 aliphatic heterocycles. The van der Waals surface area contributed by atoms with Gasteiger partial charge in [-0.25, -0.2) is 17.2 Å². The molecule has 2 aromatic carbocycles. The van der Waals surface area contributed by atoms with Gasteiger partial charge in [-0.1, -0.05) is 18.2 Å². The minimum absolute atomic E-state index is 0.0710. The van der Waals surface area contributed by atoms with Gasteiger partial charge in [0.05, 0.1) is 16.6 Å². The molecular weight excluding hydrogens is 394 g/mol. The third-order valence-electron chi connectivity index (χ3n) is 5.07. The second-order valence-electron chi connectivity index (χ2n) is 7.09. The van der Waals surface area contributed by atoms with Crippen molar-refractivity contribution in [2.24, 2.45) is 0 Å². The van der Waals surface area contributed by atoms with E-state index >= 15 is 0 Å². The molecule has 1 saturated heterocycles. The van der Waals surface area contributed by atoms with Crippen LogP contribution in [0.4, 0.5) is 8.78 Å². The van der Waals surface area contributed by atoms with Crippen molar-refractivity contribution >= 4 is 10.0 Å². The van der Waals surface area contributed by atoms with Crippen molar-refractivity contribution in [3.63, 3.8) is 0 Å². The Morgan fingerprint density at radius 3 is 2.48 bits per heavy atom. The lowest BCUT2D eigenvalue weighted by Crippen LogP contribution is -2.31. The first kappa shape index (κ1) is 19.7. The minimum Gasteiger partial charge on any atom is -0.256 e. The number of sulfonamides is 1. The van der Waals surface area contributed by atoms with Gasteiger partial charge >= 0.3 is 0 Å². The van der Waals surface area contributed by atoms with Crippen molar-refractivity contribution in [1.29, 1.82) is 0 Å². The van der Waals surface area contributed by atoms with Gasteiger partial charge in [0.15, 0.2) is 0 Å². The molecule has 1 fully saturated rings. The van der Waals surface area contributed by atoms with Crippen LogP contribution in [0.15, 0.2) is 71.6 Å². The molecule has 3 aromatic rings. The van der Waals surface area contributed by atoms with Crippen LogP contribution < -0.4 is 0 Å². The molecule has 0 aliphatic carbocycles. The minimum atomic E-state index is -3.75. The first-order valence-corrected chi connectivity index (χ1v) is 10.9. The van der Waals surface area contributed by atoms with Crippen LogP contribution in [0.5, 0.6) is 0 Å². The number of hydrogen-bond donors (Lipinski definition) is 0. The fourth-order valence-corrected chi connectivity index (χ4v) is 5.37. The zero-order valence-corrected chi connectivity index (χ0v) is 16.4. The smallest absolute Gasteiger partial charge is 0.243 e. The van der Waals surface area contributed by atoms with Crippen LogP contribution in [0.2, 0.25) is 0 Å². The topological polar surface area (TPSA) is 50.3 Å². The maximum atomic E-state index is 13.4. The highest BCUT2D eigenvalue weighted by Gasteiger charge is 2.37. The van der Waals surface area contributed by atoms with Gasteiger partial charge in [-0.3, -0.25) is 4.98 Å². The van der Waals surface area contributed by atoms with Crippen LogP contribution in [0.1, 0.15) is 35.8 Å². The van der Waals surface area contributed by atoms with Crippen molar-refractivity contribution in [3.05, 3.63) is 95.3 Å². The summed E-state index contributed by atoms with van der Waals surface area (Å²) >= 11 is 0. The predicted octanol–water partition coefficient (Wildman–Crippen LogP) is 4.48. The molecule has 29 heavy (non-hydrogen) atoms.